The Morgan fingerprint density at radius 1 is 1.33 bits per heavy atom. The van der Waals surface area contributed by atoms with Crippen molar-refractivity contribution in [3.8, 4) is 0 Å². The minimum Gasteiger partial charge on any atom is -0.478 e. The van der Waals surface area contributed by atoms with Crippen LogP contribution in [0.4, 0.5) is 4.39 Å². The SMILES string of the molecule is O=C(O)c1cc(S(=O)(=O)NCc2cccnn2)ccc1F. The number of sulfonamides is 1. The molecule has 1 heterocycles. The van der Waals surface area contributed by atoms with Gasteiger partial charge in [-0.15, -0.1) is 0 Å². The van der Waals surface area contributed by atoms with Crippen molar-refractivity contribution >= 4 is 16.0 Å². The minimum atomic E-state index is -3.98. The fraction of sp³-hybridized carbons (Fsp3) is 0.0833. The molecule has 2 aromatic rings. The first-order chi connectivity index (χ1) is 9.90. The summed E-state index contributed by atoms with van der Waals surface area (Å²) in [7, 11) is -3.98. The molecule has 0 atom stereocenters. The van der Waals surface area contributed by atoms with Crippen LogP contribution in [0.5, 0.6) is 0 Å². The van der Waals surface area contributed by atoms with E-state index in [4.69, 9.17) is 5.11 Å². The predicted octanol–water partition coefficient (Wildman–Crippen LogP) is 0.792. The number of aromatic nitrogens is 2. The van der Waals surface area contributed by atoms with E-state index in [2.05, 4.69) is 14.9 Å². The van der Waals surface area contributed by atoms with Crippen molar-refractivity contribution in [3.63, 3.8) is 0 Å². The third-order valence-corrected chi connectivity index (χ3v) is 3.95. The summed E-state index contributed by atoms with van der Waals surface area (Å²) in [6, 6.07) is 5.71. The first-order valence-electron chi connectivity index (χ1n) is 5.69. The highest BCUT2D eigenvalue weighted by molar-refractivity contribution is 7.89. The van der Waals surface area contributed by atoms with Gasteiger partial charge < -0.3 is 5.11 Å². The standard InChI is InChI=1S/C12H10FN3O4S/c13-11-4-3-9(6-10(11)12(17)18)21(19,20)15-7-8-2-1-5-14-16-8/h1-6,15H,7H2,(H,17,18). The number of halogens is 1. The summed E-state index contributed by atoms with van der Waals surface area (Å²) < 4.78 is 39.5. The molecule has 1 aromatic carbocycles. The van der Waals surface area contributed by atoms with Crippen molar-refractivity contribution < 1.29 is 22.7 Å². The maximum absolute atomic E-state index is 13.2. The number of aromatic carboxylic acids is 1. The van der Waals surface area contributed by atoms with Gasteiger partial charge in [-0.3, -0.25) is 0 Å². The number of carbonyl (C=O) groups is 1. The highest BCUT2D eigenvalue weighted by Crippen LogP contribution is 2.15. The average Bonchev–Trinajstić information content (AvgIpc) is 2.46. The third-order valence-electron chi connectivity index (χ3n) is 2.55. The van der Waals surface area contributed by atoms with Crippen LogP contribution in [0, 0.1) is 5.82 Å². The summed E-state index contributed by atoms with van der Waals surface area (Å²) in [4.78, 5) is 10.5. The van der Waals surface area contributed by atoms with Gasteiger partial charge in [-0.05, 0) is 30.3 Å². The molecule has 0 aliphatic rings. The number of carboxylic acids is 1. The molecule has 110 valence electrons. The van der Waals surface area contributed by atoms with Crippen LogP contribution < -0.4 is 4.72 Å². The monoisotopic (exact) mass is 311 g/mol. The highest BCUT2D eigenvalue weighted by atomic mass is 32.2. The first-order valence-corrected chi connectivity index (χ1v) is 7.17. The molecular formula is C12H10FN3O4S. The molecule has 0 fully saturated rings. The average molecular weight is 311 g/mol. The molecule has 2 N–H and O–H groups in total. The maximum atomic E-state index is 13.2. The lowest BCUT2D eigenvalue weighted by Gasteiger charge is -2.07. The topological polar surface area (TPSA) is 109 Å². The number of nitrogens with one attached hydrogen (secondary N) is 1. The van der Waals surface area contributed by atoms with Crippen molar-refractivity contribution in [2.75, 3.05) is 0 Å². The molecule has 7 nitrogen and oxygen atoms in total. The molecule has 21 heavy (non-hydrogen) atoms. The first kappa shape index (κ1) is 15.0. The molecule has 0 saturated heterocycles. The quantitative estimate of drug-likeness (QED) is 0.845. The Bertz CT molecular complexity index is 765. The van der Waals surface area contributed by atoms with Gasteiger partial charge in [0.05, 0.1) is 22.7 Å². The second-order valence-corrected chi connectivity index (χ2v) is 5.75. The van der Waals surface area contributed by atoms with Crippen LogP contribution in [0.2, 0.25) is 0 Å². The van der Waals surface area contributed by atoms with E-state index < -0.39 is 27.4 Å². The van der Waals surface area contributed by atoms with E-state index in [-0.39, 0.29) is 11.4 Å². The van der Waals surface area contributed by atoms with E-state index in [0.717, 1.165) is 18.2 Å². The van der Waals surface area contributed by atoms with Crippen molar-refractivity contribution in [3.05, 3.63) is 53.6 Å². The summed E-state index contributed by atoms with van der Waals surface area (Å²) in [6.45, 7) is -0.115. The molecule has 0 radical (unpaired) electrons. The van der Waals surface area contributed by atoms with E-state index >= 15 is 0 Å². The smallest absolute Gasteiger partial charge is 0.338 e. The summed E-state index contributed by atoms with van der Waals surface area (Å²) in [5.41, 5.74) is -0.320. The number of nitrogens with zero attached hydrogens (tertiary/aromatic N) is 2. The van der Waals surface area contributed by atoms with Gasteiger partial charge in [-0.1, -0.05) is 0 Å². The molecule has 2 rings (SSSR count). The molecular weight excluding hydrogens is 301 g/mol. The fourth-order valence-electron chi connectivity index (χ4n) is 1.52. The summed E-state index contributed by atoms with van der Waals surface area (Å²) in [5, 5.41) is 16.1. The van der Waals surface area contributed by atoms with Gasteiger partial charge in [-0.2, -0.15) is 10.2 Å². The van der Waals surface area contributed by atoms with Crippen LogP contribution in [0.25, 0.3) is 0 Å². The van der Waals surface area contributed by atoms with Gasteiger partial charge in [0.2, 0.25) is 10.0 Å². The van der Waals surface area contributed by atoms with Crippen LogP contribution in [0.3, 0.4) is 0 Å². The normalized spacial score (nSPS) is 11.3. The number of hydrogen-bond acceptors (Lipinski definition) is 5. The third kappa shape index (κ3) is 3.58. The van der Waals surface area contributed by atoms with Crippen LogP contribution in [-0.4, -0.2) is 29.7 Å². The molecule has 0 saturated carbocycles. The zero-order valence-electron chi connectivity index (χ0n) is 10.5. The van der Waals surface area contributed by atoms with Crippen molar-refractivity contribution in [2.45, 2.75) is 11.4 Å². The van der Waals surface area contributed by atoms with E-state index in [9.17, 15) is 17.6 Å². The molecule has 0 aliphatic heterocycles. The molecule has 0 bridgehead atoms. The Morgan fingerprint density at radius 2 is 2.10 bits per heavy atom. The molecule has 1 aromatic heterocycles. The molecule has 0 spiro atoms. The van der Waals surface area contributed by atoms with Crippen LogP contribution in [-0.2, 0) is 16.6 Å². The fourth-order valence-corrected chi connectivity index (χ4v) is 2.54. The summed E-state index contributed by atoms with van der Waals surface area (Å²) in [5.74, 6) is -2.55. The van der Waals surface area contributed by atoms with Gasteiger partial charge in [0.1, 0.15) is 5.82 Å². The summed E-state index contributed by atoms with van der Waals surface area (Å²) >= 11 is 0. The lowest BCUT2D eigenvalue weighted by molar-refractivity contribution is 0.0691. The molecule has 9 heteroatoms. The van der Waals surface area contributed by atoms with Crippen molar-refractivity contribution in [1.29, 1.82) is 0 Å². The number of carboxylic acid groups (broad SMARTS) is 1. The second kappa shape index (κ2) is 5.94. The summed E-state index contributed by atoms with van der Waals surface area (Å²) in [6.07, 6.45) is 1.44. The number of hydrogen-bond donors (Lipinski definition) is 2. The second-order valence-electron chi connectivity index (χ2n) is 3.99. The predicted molar refractivity (Wildman–Crippen MR) is 69.4 cm³/mol. The van der Waals surface area contributed by atoms with Gasteiger partial charge >= 0.3 is 5.97 Å². The maximum Gasteiger partial charge on any atom is 0.338 e. The van der Waals surface area contributed by atoms with Gasteiger partial charge in [0, 0.05) is 6.20 Å². The lowest BCUT2D eigenvalue weighted by Crippen LogP contribution is -2.24. The lowest BCUT2D eigenvalue weighted by atomic mass is 10.2. The Labute approximate surface area is 119 Å². The van der Waals surface area contributed by atoms with Crippen molar-refractivity contribution in [2.24, 2.45) is 0 Å². The van der Waals surface area contributed by atoms with Gasteiger partial charge in [0.15, 0.2) is 0 Å². The Kier molecular flexibility index (Phi) is 4.24. The Hall–Kier alpha value is -2.39. The molecule has 0 unspecified atom stereocenters. The van der Waals surface area contributed by atoms with Gasteiger partial charge in [0.25, 0.3) is 0 Å². The van der Waals surface area contributed by atoms with Crippen molar-refractivity contribution in [1.82, 2.24) is 14.9 Å². The Balaban J connectivity index is 2.24. The van der Waals surface area contributed by atoms with E-state index in [1.54, 1.807) is 12.1 Å². The van der Waals surface area contributed by atoms with Crippen LogP contribution in [0.15, 0.2) is 41.4 Å². The zero-order chi connectivity index (χ0) is 15.5. The van der Waals surface area contributed by atoms with Gasteiger partial charge in [-0.25, -0.2) is 22.3 Å². The van der Waals surface area contributed by atoms with E-state index in [1.165, 1.54) is 6.20 Å². The van der Waals surface area contributed by atoms with E-state index in [1.807, 2.05) is 0 Å². The Morgan fingerprint density at radius 3 is 2.71 bits per heavy atom. The number of benzene rings is 1. The van der Waals surface area contributed by atoms with Crippen LogP contribution >= 0.6 is 0 Å². The molecule has 0 amide bonds. The van der Waals surface area contributed by atoms with E-state index in [0.29, 0.717) is 5.69 Å². The van der Waals surface area contributed by atoms with Crippen LogP contribution in [0.1, 0.15) is 16.1 Å². The zero-order valence-corrected chi connectivity index (χ0v) is 11.3. The molecule has 0 aliphatic carbocycles. The number of rotatable bonds is 5. The highest BCUT2D eigenvalue weighted by Gasteiger charge is 2.19. The minimum absolute atomic E-state index is 0.115. The largest absolute Gasteiger partial charge is 0.478 e.